The first-order chi connectivity index (χ1) is 17.5. The largest absolute Gasteiger partial charge is 0.480 e. The molecule has 36 heavy (non-hydrogen) atoms. The van der Waals surface area contributed by atoms with Crippen molar-refractivity contribution in [3.8, 4) is 0 Å². The second kappa shape index (κ2) is 11.2. The number of carboxylic acids is 1. The third-order valence-corrected chi connectivity index (χ3v) is 5.95. The normalized spacial score (nSPS) is 12.3. The van der Waals surface area contributed by atoms with E-state index in [1.54, 1.807) is 12.2 Å². The van der Waals surface area contributed by atoms with Gasteiger partial charge in [0.15, 0.2) is 0 Å². The summed E-state index contributed by atoms with van der Waals surface area (Å²) >= 11 is 0. The highest BCUT2D eigenvalue weighted by atomic mass is 16.6. The zero-order valence-electron chi connectivity index (χ0n) is 19.4. The molecule has 4 rings (SSSR count). The Morgan fingerprint density at radius 1 is 0.889 bits per heavy atom. The van der Waals surface area contributed by atoms with Crippen LogP contribution in [0.15, 0.2) is 115 Å². The van der Waals surface area contributed by atoms with E-state index in [-0.39, 0.29) is 12.1 Å². The highest BCUT2D eigenvalue weighted by Crippen LogP contribution is 2.37. The number of aliphatic carboxylic acids is 1. The first-order valence-corrected chi connectivity index (χ1v) is 11.4. The summed E-state index contributed by atoms with van der Waals surface area (Å²) < 4.78 is 0. The van der Waals surface area contributed by atoms with Crippen molar-refractivity contribution in [2.24, 2.45) is 0 Å². The van der Waals surface area contributed by atoms with Crippen molar-refractivity contribution in [1.29, 1.82) is 0 Å². The van der Waals surface area contributed by atoms with Gasteiger partial charge in [-0.25, -0.2) is 4.98 Å². The summed E-state index contributed by atoms with van der Waals surface area (Å²) in [7, 11) is 0. The Morgan fingerprint density at radius 3 is 1.78 bits per heavy atom. The second-order valence-corrected chi connectivity index (χ2v) is 8.22. The number of nitrogens with one attached hydrogen (secondary N) is 1. The fourth-order valence-corrected chi connectivity index (χ4v) is 4.23. The van der Waals surface area contributed by atoms with Gasteiger partial charge in [0.2, 0.25) is 0 Å². The molecule has 1 heterocycles. The number of nitro groups is 1. The first-order valence-electron chi connectivity index (χ1n) is 11.4. The van der Waals surface area contributed by atoms with E-state index in [0.717, 1.165) is 16.7 Å². The van der Waals surface area contributed by atoms with Crippen molar-refractivity contribution < 1.29 is 14.8 Å². The predicted molar refractivity (Wildman–Crippen MR) is 138 cm³/mol. The minimum absolute atomic E-state index is 0.101. The van der Waals surface area contributed by atoms with Crippen molar-refractivity contribution in [1.82, 2.24) is 10.3 Å². The fraction of sp³-hybridized carbons (Fsp3) is 0.103. The molecular formula is C29H25N3O4. The van der Waals surface area contributed by atoms with Gasteiger partial charge in [0.25, 0.3) is 5.69 Å². The maximum Gasteiger partial charge on any atom is 0.321 e. The van der Waals surface area contributed by atoms with E-state index >= 15 is 0 Å². The summed E-state index contributed by atoms with van der Waals surface area (Å²) in [6.07, 6.45) is 4.72. The Balaban J connectivity index is 1.73. The van der Waals surface area contributed by atoms with Crippen LogP contribution in [0.4, 0.5) is 5.69 Å². The number of carboxylic acid groups (broad SMARTS) is 1. The lowest BCUT2D eigenvalue weighted by Gasteiger charge is -2.39. The number of hydrogen-bond acceptors (Lipinski definition) is 5. The summed E-state index contributed by atoms with van der Waals surface area (Å²) in [6.45, 7) is 0. The molecule has 4 aromatic rings. The topological polar surface area (TPSA) is 105 Å². The van der Waals surface area contributed by atoms with Crippen molar-refractivity contribution in [2.45, 2.75) is 18.0 Å². The molecule has 0 fully saturated rings. The molecule has 0 bridgehead atoms. The second-order valence-electron chi connectivity index (χ2n) is 8.22. The molecule has 7 heteroatoms. The zero-order chi connectivity index (χ0) is 25.4. The Bertz CT molecular complexity index is 1230. The molecule has 0 saturated carbocycles. The number of aromatic nitrogens is 1. The smallest absolute Gasteiger partial charge is 0.321 e. The highest BCUT2D eigenvalue weighted by molar-refractivity contribution is 5.74. The van der Waals surface area contributed by atoms with Crippen LogP contribution in [0.25, 0.3) is 6.08 Å². The first kappa shape index (κ1) is 24.5. The summed E-state index contributed by atoms with van der Waals surface area (Å²) in [5, 5.41) is 24.5. The molecule has 2 N–H and O–H groups in total. The summed E-state index contributed by atoms with van der Waals surface area (Å²) in [4.78, 5) is 26.8. The van der Waals surface area contributed by atoms with Gasteiger partial charge in [-0.1, -0.05) is 97.1 Å². The molecule has 0 aliphatic rings. The van der Waals surface area contributed by atoms with Gasteiger partial charge >= 0.3 is 5.97 Å². The third-order valence-electron chi connectivity index (χ3n) is 5.95. The van der Waals surface area contributed by atoms with E-state index in [0.29, 0.717) is 5.69 Å². The molecule has 0 radical (unpaired) electrons. The number of hydrogen-bond donors (Lipinski definition) is 2. The standard InChI is InChI=1S/C29H25N3O4/c33-28(34)27(18-10-17-25-19-20-26(21-30-25)32(35)36)31-29(22-11-4-1-5-12-22,23-13-6-2-7-14-23)24-15-8-3-9-16-24/h1-17,19-21,27,31H,18H2,(H,33,34)/b17-10+/t27-/m0/s1. The lowest BCUT2D eigenvalue weighted by atomic mass is 9.76. The van der Waals surface area contributed by atoms with E-state index in [1.807, 2.05) is 91.0 Å². The van der Waals surface area contributed by atoms with Crippen LogP contribution in [0.1, 0.15) is 28.8 Å². The molecule has 0 unspecified atom stereocenters. The number of benzene rings is 3. The van der Waals surface area contributed by atoms with Crippen LogP contribution >= 0.6 is 0 Å². The molecule has 1 atom stereocenters. The highest BCUT2D eigenvalue weighted by Gasteiger charge is 2.39. The average Bonchev–Trinajstić information content (AvgIpc) is 2.92. The monoisotopic (exact) mass is 479 g/mol. The number of carbonyl (C=O) groups is 1. The van der Waals surface area contributed by atoms with Crippen LogP contribution in [-0.4, -0.2) is 27.0 Å². The van der Waals surface area contributed by atoms with E-state index in [9.17, 15) is 20.0 Å². The van der Waals surface area contributed by atoms with Gasteiger partial charge in [-0.2, -0.15) is 0 Å². The van der Waals surface area contributed by atoms with Gasteiger partial charge in [-0.3, -0.25) is 20.2 Å². The quantitative estimate of drug-likeness (QED) is 0.179. The molecule has 3 aromatic carbocycles. The van der Waals surface area contributed by atoms with Gasteiger partial charge in [-0.15, -0.1) is 0 Å². The zero-order valence-corrected chi connectivity index (χ0v) is 19.4. The lowest BCUT2D eigenvalue weighted by Crippen LogP contribution is -2.52. The van der Waals surface area contributed by atoms with Gasteiger partial charge in [0.1, 0.15) is 12.2 Å². The Hall–Kier alpha value is -4.62. The summed E-state index contributed by atoms with van der Waals surface area (Å²) in [5.74, 6) is -0.997. The number of rotatable bonds is 10. The molecular weight excluding hydrogens is 454 g/mol. The van der Waals surface area contributed by atoms with Gasteiger partial charge < -0.3 is 5.11 Å². The van der Waals surface area contributed by atoms with Gasteiger partial charge in [0.05, 0.1) is 16.2 Å². The Labute approximate surface area is 208 Å². The molecule has 0 aliphatic heterocycles. The fourth-order valence-electron chi connectivity index (χ4n) is 4.23. The molecule has 1 aromatic heterocycles. The maximum atomic E-state index is 12.4. The van der Waals surface area contributed by atoms with E-state index < -0.39 is 22.5 Å². The average molecular weight is 480 g/mol. The minimum atomic E-state index is -0.997. The van der Waals surface area contributed by atoms with Crippen LogP contribution in [0, 0.1) is 10.1 Å². The molecule has 0 amide bonds. The number of pyridine rings is 1. The predicted octanol–water partition coefficient (Wildman–Crippen LogP) is 5.43. The van der Waals surface area contributed by atoms with Crippen molar-refractivity contribution in [2.75, 3.05) is 0 Å². The Morgan fingerprint density at radius 2 is 1.39 bits per heavy atom. The molecule has 0 saturated heterocycles. The van der Waals surface area contributed by atoms with Crippen molar-refractivity contribution in [3.63, 3.8) is 0 Å². The Kier molecular flexibility index (Phi) is 7.63. The van der Waals surface area contributed by atoms with E-state index in [4.69, 9.17) is 0 Å². The SMILES string of the molecule is O=C(O)[C@H](C/C=C/c1ccc([N+](=O)[O-])cn1)NC(c1ccccc1)(c1ccccc1)c1ccccc1. The molecule has 0 aliphatic carbocycles. The molecule has 180 valence electrons. The van der Waals surface area contributed by atoms with Crippen LogP contribution in [0.5, 0.6) is 0 Å². The van der Waals surface area contributed by atoms with Crippen molar-refractivity contribution >= 4 is 17.7 Å². The summed E-state index contributed by atoms with van der Waals surface area (Å²) in [6, 6.07) is 31.3. The summed E-state index contributed by atoms with van der Waals surface area (Å²) in [5.41, 5.74) is 2.21. The van der Waals surface area contributed by atoms with Gasteiger partial charge in [0, 0.05) is 6.07 Å². The van der Waals surface area contributed by atoms with Crippen LogP contribution in [-0.2, 0) is 10.3 Å². The van der Waals surface area contributed by atoms with Crippen molar-refractivity contribution in [3.05, 3.63) is 148 Å². The third kappa shape index (κ3) is 5.37. The molecule has 7 nitrogen and oxygen atoms in total. The lowest BCUT2D eigenvalue weighted by molar-refractivity contribution is -0.385. The van der Waals surface area contributed by atoms with E-state index in [2.05, 4.69) is 10.3 Å². The maximum absolute atomic E-state index is 12.4. The van der Waals surface area contributed by atoms with E-state index in [1.165, 1.54) is 18.3 Å². The van der Waals surface area contributed by atoms with Crippen LogP contribution in [0.3, 0.4) is 0 Å². The van der Waals surface area contributed by atoms with Crippen LogP contribution < -0.4 is 5.32 Å². The van der Waals surface area contributed by atoms with Crippen LogP contribution in [0.2, 0.25) is 0 Å². The number of nitrogens with zero attached hydrogens (tertiary/aromatic N) is 2. The molecule has 0 spiro atoms. The minimum Gasteiger partial charge on any atom is -0.480 e. The van der Waals surface area contributed by atoms with Gasteiger partial charge in [-0.05, 0) is 35.3 Å².